The monoisotopic (exact) mass is 359 g/mol. The summed E-state index contributed by atoms with van der Waals surface area (Å²) in [4.78, 5) is 11.3. The third-order valence-electron chi connectivity index (χ3n) is 3.81. The molecule has 3 aromatic heterocycles. The van der Waals surface area contributed by atoms with Crippen molar-refractivity contribution in [3.8, 4) is 16.8 Å². The van der Waals surface area contributed by atoms with Crippen molar-refractivity contribution < 1.29 is 17.6 Å². The van der Waals surface area contributed by atoms with Gasteiger partial charge in [-0.05, 0) is 35.9 Å². The fraction of sp³-hybridized carbons (Fsp3) is 0.0588. The molecule has 0 unspecified atom stereocenters. The van der Waals surface area contributed by atoms with Crippen molar-refractivity contribution >= 4 is 11.0 Å². The first-order chi connectivity index (χ1) is 12.4. The van der Waals surface area contributed by atoms with Gasteiger partial charge in [0, 0.05) is 23.3 Å². The van der Waals surface area contributed by atoms with Crippen molar-refractivity contribution in [2.45, 2.75) is 6.18 Å². The van der Waals surface area contributed by atoms with Crippen LogP contribution in [-0.2, 0) is 6.18 Å². The van der Waals surface area contributed by atoms with Crippen molar-refractivity contribution in [3.63, 3.8) is 0 Å². The normalized spacial score (nSPS) is 11.8. The van der Waals surface area contributed by atoms with E-state index >= 15 is 0 Å². The van der Waals surface area contributed by atoms with Crippen LogP contribution in [0.3, 0.4) is 0 Å². The SMILES string of the molecule is Fc1ccc(-n2ncc3c(-c4cncnc4C(F)(F)F)ccnc32)cc1. The van der Waals surface area contributed by atoms with Gasteiger partial charge < -0.3 is 0 Å². The molecule has 4 rings (SSSR count). The molecular formula is C17H9F4N5. The number of halogens is 4. The molecule has 0 N–H and O–H groups in total. The van der Waals surface area contributed by atoms with Gasteiger partial charge in [0.1, 0.15) is 12.1 Å². The van der Waals surface area contributed by atoms with Crippen LogP contribution in [-0.4, -0.2) is 24.7 Å². The summed E-state index contributed by atoms with van der Waals surface area (Å²) in [5.74, 6) is -0.407. The third-order valence-corrected chi connectivity index (χ3v) is 3.81. The lowest BCUT2D eigenvalue weighted by Gasteiger charge is -2.11. The van der Waals surface area contributed by atoms with Crippen LogP contribution < -0.4 is 0 Å². The molecular weight excluding hydrogens is 350 g/mol. The van der Waals surface area contributed by atoms with E-state index < -0.39 is 17.7 Å². The summed E-state index contributed by atoms with van der Waals surface area (Å²) >= 11 is 0. The van der Waals surface area contributed by atoms with E-state index in [-0.39, 0.29) is 11.1 Å². The molecule has 26 heavy (non-hydrogen) atoms. The number of fused-ring (bicyclic) bond motifs is 1. The van der Waals surface area contributed by atoms with Crippen LogP contribution >= 0.6 is 0 Å². The van der Waals surface area contributed by atoms with Gasteiger partial charge in [0.15, 0.2) is 11.3 Å². The first kappa shape index (κ1) is 16.1. The van der Waals surface area contributed by atoms with Crippen LogP contribution in [0.1, 0.15) is 5.69 Å². The van der Waals surface area contributed by atoms with E-state index in [9.17, 15) is 17.6 Å². The van der Waals surface area contributed by atoms with Gasteiger partial charge in [0.25, 0.3) is 0 Å². The Morgan fingerprint density at radius 1 is 0.885 bits per heavy atom. The van der Waals surface area contributed by atoms with Crippen LogP contribution in [0.25, 0.3) is 27.8 Å². The van der Waals surface area contributed by atoms with E-state index in [1.807, 2.05) is 0 Å². The van der Waals surface area contributed by atoms with Crippen molar-refractivity contribution in [3.05, 3.63) is 66.8 Å². The molecule has 130 valence electrons. The summed E-state index contributed by atoms with van der Waals surface area (Å²) in [7, 11) is 0. The number of nitrogens with zero attached hydrogens (tertiary/aromatic N) is 5. The second kappa shape index (κ2) is 5.87. The Balaban J connectivity index is 1.93. The number of pyridine rings is 1. The smallest absolute Gasteiger partial charge is 0.244 e. The molecule has 0 aliphatic rings. The van der Waals surface area contributed by atoms with Gasteiger partial charge in [-0.25, -0.2) is 24.0 Å². The van der Waals surface area contributed by atoms with Gasteiger partial charge >= 0.3 is 6.18 Å². The van der Waals surface area contributed by atoms with E-state index in [0.717, 1.165) is 12.5 Å². The molecule has 1 aromatic carbocycles. The van der Waals surface area contributed by atoms with Crippen LogP contribution in [0.15, 0.2) is 55.2 Å². The molecule has 0 saturated heterocycles. The first-order valence-electron chi connectivity index (χ1n) is 7.41. The molecule has 0 fully saturated rings. The Labute approximate surface area is 144 Å². The van der Waals surface area contributed by atoms with E-state index in [4.69, 9.17) is 0 Å². The van der Waals surface area contributed by atoms with Gasteiger partial charge in [-0.3, -0.25) is 0 Å². The molecule has 0 atom stereocenters. The fourth-order valence-electron chi connectivity index (χ4n) is 2.69. The number of rotatable bonds is 2. The van der Waals surface area contributed by atoms with Crippen molar-refractivity contribution in [1.29, 1.82) is 0 Å². The van der Waals surface area contributed by atoms with Crippen LogP contribution in [0, 0.1) is 5.82 Å². The van der Waals surface area contributed by atoms with Gasteiger partial charge in [0.2, 0.25) is 0 Å². The number of aromatic nitrogens is 5. The highest BCUT2D eigenvalue weighted by molar-refractivity contribution is 5.93. The van der Waals surface area contributed by atoms with E-state index in [0.29, 0.717) is 16.7 Å². The lowest BCUT2D eigenvalue weighted by Crippen LogP contribution is -2.10. The van der Waals surface area contributed by atoms with Gasteiger partial charge in [0.05, 0.1) is 11.9 Å². The lowest BCUT2D eigenvalue weighted by atomic mass is 10.0. The summed E-state index contributed by atoms with van der Waals surface area (Å²) in [6, 6.07) is 6.98. The summed E-state index contributed by atoms with van der Waals surface area (Å²) in [5.41, 5.74) is -0.0608. The predicted octanol–water partition coefficient (Wildman–Crippen LogP) is 4.04. The number of hydrogen-bond donors (Lipinski definition) is 0. The second-order valence-electron chi connectivity index (χ2n) is 5.41. The Kier molecular flexibility index (Phi) is 3.64. The van der Waals surface area contributed by atoms with Crippen molar-refractivity contribution in [1.82, 2.24) is 24.7 Å². The van der Waals surface area contributed by atoms with Gasteiger partial charge in [-0.1, -0.05) is 0 Å². The number of hydrogen-bond acceptors (Lipinski definition) is 4. The molecule has 0 amide bonds. The largest absolute Gasteiger partial charge is 0.434 e. The molecule has 0 saturated carbocycles. The summed E-state index contributed by atoms with van der Waals surface area (Å²) in [6.45, 7) is 0. The second-order valence-corrected chi connectivity index (χ2v) is 5.41. The minimum absolute atomic E-state index is 0.161. The molecule has 0 bridgehead atoms. The first-order valence-corrected chi connectivity index (χ1v) is 7.41. The predicted molar refractivity (Wildman–Crippen MR) is 84.9 cm³/mol. The molecule has 0 aliphatic heterocycles. The maximum Gasteiger partial charge on any atom is 0.434 e. The van der Waals surface area contributed by atoms with Gasteiger partial charge in [-0.2, -0.15) is 18.3 Å². The summed E-state index contributed by atoms with van der Waals surface area (Å²) in [6.07, 6.45) is 0.133. The quantitative estimate of drug-likeness (QED) is 0.507. The molecule has 4 aromatic rings. The Morgan fingerprint density at radius 2 is 1.65 bits per heavy atom. The molecule has 5 nitrogen and oxygen atoms in total. The molecule has 0 radical (unpaired) electrons. The van der Waals surface area contributed by atoms with E-state index in [1.54, 1.807) is 0 Å². The topological polar surface area (TPSA) is 56.5 Å². The average Bonchev–Trinajstić information content (AvgIpc) is 3.06. The molecule has 0 spiro atoms. The summed E-state index contributed by atoms with van der Waals surface area (Å²) in [5, 5.41) is 4.58. The van der Waals surface area contributed by atoms with Crippen LogP contribution in [0.4, 0.5) is 17.6 Å². The highest BCUT2D eigenvalue weighted by atomic mass is 19.4. The highest BCUT2D eigenvalue weighted by Crippen LogP contribution is 2.37. The fourth-order valence-corrected chi connectivity index (χ4v) is 2.69. The zero-order valence-corrected chi connectivity index (χ0v) is 12.9. The molecule has 0 aliphatic carbocycles. The Morgan fingerprint density at radius 3 is 2.38 bits per heavy atom. The Bertz CT molecular complexity index is 1090. The van der Waals surface area contributed by atoms with Crippen LogP contribution in [0.2, 0.25) is 0 Å². The molecule has 3 heterocycles. The zero-order valence-electron chi connectivity index (χ0n) is 12.9. The summed E-state index contributed by atoms with van der Waals surface area (Å²) < 4.78 is 54.4. The minimum Gasteiger partial charge on any atom is -0.244 e. The zero-order chi connectivity index (χ0) is 18.3. The third kappa shape index (κ3) is 2.67. The molecule has 9 heteroatoms. The van der Waals surface area contributed by atoms with Crippen LogP contribution in [0.5, 0.6) is 0 Å². The highest BCUT2D eigenvalue weighted by Gasteiger charge is 2.36. The Hall–Kier alpha value is -3.36. The van der Waals surface area contributed by atoms with E-state index in [2.05, 4.69) is 20.1 Å². The lowest BCUT2D eigenvalue weighted by molar-refractivity contribution is -0.140. The van der Waals surface area contributed by atoms with E-state index in [1.165, 1.54) is 47.4 Å². The standard InChI is InChI=1S/C17H9F4N5/c18-10-1-3-11(4-2-10)26-16-14(8-25-26)12(5-6-23-16)13-7-22-9-24-15(13)17(19,20)21/h1-9H. The van der Waals surface area contributed by atoms with Gasteiger partial charge in [-0.15, -0.1) is 0 Å². The van der Waals surface area contributed by atoms with Crippen molar-refractivity contribution in [2.24, 2.45) is 0 Å². The number of alkyl halides is 3. The average molecular weight is 359 g/mol. The van der Waals surface area contributed by atoms with Crippen molar-refractivity contribution in [2.75, 3.05) is 0 Å². The maximum atomic E-state index is 13.3. The number of benzene rings is 1. The maximum absolute atomic E-state index is 13.3. The minimum atomic E-state index is -4.62.